The molecule has 0 aliphatic carbocycles. The highest BCUT2D eigenvalue weighted by Crippen LogP contribution is 2.25. The van der Waals surface area contributed by atoms with E-state index in [9.17, 15) is 4.79 Å². The second-order valence-corrected chi connectivity index (χ2v) is 8.92. The van der Waals surface area contributed by atoms with Crippen molar-refractivity contribution in [3.05, 3.63) is 88.8 Å². The molecule has 2 aromatic heterocycles. The molecule has 4 rings (SSSR count). The molecule has 2 heterocycles. The maximum atomic E-state index is 12.8. The molecule has 0 bridgehead atoms. The first-order valence-corrected chi connectivity index (χ1v) is 11.4. The molecular weight excluding hydrogens is 434 g/mol. The van der Waals surface area contributed by atoms with Crippen molar-refractivity contribution in [2.75, 3.05) is 6.54 Å². The Morgan fingerprint density at radius 2 is 1.79 bits per heavy atom. The zero-order chi connectivity index (χ0) is 23.4. The van der Waals surface area contributed by atoms with Gasteiger partial charge in [0.05, 0.1) is 23.5 Å². The number of aryl methyl sites for hydroxylation is 2. The summed E-state index contributed by atoms with van der Waals surface area (Å²) >= 11 is 6.07. The number of para-hydroxylation sites is 1. The first kappa shape index (κ1) is 22.8. The number of carbonyl (C=O) groups excluding carboxylic acids is 1. The molecular formula is C26H28ClN5O. The van der Waals surface area contributed by atoms with Crippen molar-refractivity contribution in [3.8, 4) is 16.9 Å². The van der Waals surface area contributed by atoms with Gasteiger partial charge in [-0.25, -0.2) is 4.68 Å². The Labute approximate surface area is 199 Å². The summed E-state index contributed by atoms with van der Waals surface area (Å²) in [4.78, 5) is 12.8. The quantitative estimate of drug-likeness (QED) is 0.401. The normalized spacial score (nSPS) is 12.0. The Morgan fingerprint density at radius 3 is 2.45 bits per heavy atom. The zero-order valence-corrected chi connectivity index (χ0v) is 19.9. The standard InChI is InChI=1S/C26H28ClN5O/c1-18(16-31-20(3)13-19(2)29-31)15-28-25(33)14-22-17-32(24-7-5-4-6-8-24)30-26(22)21-9-11-23(27)12-10-21/h4-13,17-18H,14-16H2,1-3H3,(H,28,33). The van der Waals surface area contributed by atoms with Crippen LogP contribution in [-0.2, 0) is 17.8 Å². The molecule has 0 aliphatic heterocycles. The lowest BCUT2D eigenvalue weighted by atomic mass is 10.1. The van der Waals surface area contributed by atoms with Gasteiger partial charge in [-0.2, -0.15) is 10.2 Å². The molecule has 7 heteroatoms. The van der Waals surface area contributed by atoms with E-state index in [1.165, 1.54) is 0 Å². The molecule has 0 fully saturated rings. The number of halogens is 1. The number of hydrogen-bond acceptors (Lipinski definition) is 3. The summed E-state index contributed by atoms with van der Waals surface area (Å²) in [5.74, 6) is 0.229. The number of benzene rings is 2. The van der Waals surface area contributed by atoms with Crippen molar-refractivity contribution in [2.24, 2.45) is 5.92 Å². The van der Waals surface area contributed by atoms with Crippen molar-refractivity contribution in [1.82, 2.24) is 24.9 Å². The average Bonchev–Trinajstić information content (AvgIpc) is 3.35. The first-order chi connectivity index (χ1) is 15.9. The molecule has 6 nitrogen and oxygen atoms in total. The van der Waals surface area contributed by atoms with Gasteiger partial charge >= 0.3 is 0 Å². The average molecular weight is 462 g/mol. The fourth-order valence-corrected chi connectivity index (χ4v) is 3.97. The fourth-order valence-electron chi connectivity index (χ4n) is 3.85. The number of aromatic nitrogens is 4. The predicted molar refractivity (Wildman–Crippen MR) is 132 cm³/mol. The summed E-state index contributed by atoms with van der Waals surface area (Å²) < 4.78 is 3.81. The third kappa shape index (κ3) is 5.71. The molecule has 1 amide bonds. The third-order valence-electron chi connectivity index (χ3n) is 5.52. The van der Waals surface area contributed by atoms with Crippen molar-refractivity contribution in [3.63, 3.8) is 0 Å². The molecule has 170 valence electrons. The SMILES string of the molecule is Cc1cc(C)n(CC(C)CNC(=O)Cc2cn(-c3ccccc3)nc2-c2ccc(Cl)cc2)n1. The number of nitrogens with one attached hydrogen (secondary N) is 1. The molecule has 0 aliphatic rings. The Balaban J connectivity index is 1.47. The van der Waals surface area contributed by atoms with Gasteiger partial charge in [-0.05, 0) is 50.1 Å². The van der Waals surface area contributed by atoms with Crippen molar-refractivity contribution >= 4 is 17.5 Å². The molecule has 0 radical (unpaired) electrons. The number of rotatable bonds is 8. The van der Waals surface area contributed by atoms with Crippen LogP contribution in [0.25, 0.3) is 16.9 Å². The van der Waals surface area contributed by atoms with Crippen LogP contribution in [0.15, 0.2) is 66.9 Å². The predicted octanol–water partition coefficient (Wildman–Crippen LogP) is 5.00. The molecule has 0 saturated heterocycles. The number of amides is 1. The van der Waals surface area contributed by atoms with E-state index >= 15 is 0 Å². The van der Waals surface area contributed by atoms with Crippen LogP contribution in [-0.4, -0.2) is 32.0 Å². The Morgan fingerprint density at radius 1 is 1.06 bits per heavy atom. The summed E-state index contributed by atoms with van der Waals surface area (Å²) in [6.07, 6.45) is 2.18. The van der Waals surface area contributed by atoms with Crippen molar-refractivity contribution < 1.29 is 4.79 Å². The molecule has 2 aromatic carbocycles. The van der Waals surface area contributed by atoms with E-state index in [0.29, 0.717) is 11.6 Å². The van der Waals surface area contributed by atoms with E-state index in [1.807, 2.05) is 84.0 Å². The van der Waals surface area contributed by atoms with Crippen LogP contribution < -0.4 is 5.32 Å². The van der Waals surface area contributed by atoms with E-state index in [4.69, 9.17) is 16.7 Å². The monoisotopic (exact) mass is 461 g/mol. The van der Waals surface area contributed by atoms with Crippen LogP contribution in [0, 0.1) is 19.8 Å². The van der Waals surface area contributed by atoms with Gasteiger partial charge in [0.2, 0.25) is 5.91 Å². The molecule has 1 atom stereocenters. The Bertz CT molecular complexity index is 1230. The zero-order valence-electron chi connectivity index (χ0n) is 19.1. The molecule has 33 heavy (non-hydrogen) atoms. The van der Waals surface area contributed by atoms with Gasteiger partial charge in [-0.3, -0.25) is 9.48 Å². The van der Waals surface area contributed by atoms with E-state index in [2.05, 4.69) is 23.4 Å². The van der Waals surface area contributed by atoms with Gasteiger partial charge < -0.3 is 5.32 Å². The van der Waals surface area contributed by atoms with Crippen molar-refractivity contribution in [2.45, 2.75) is 33.7 Å². The van der Waals surface area contributed by atoms with Crippen LogP contribution >= 0.6 is 11.6 Å². The third-order valence-corrected chi connectivity index (χ3v) is 5.77. The lowest BCUT2D eigenvalue weighted by Gasteiger charge is -2.14. The van der Waals surface area contributed by atoms with E-state index in [-0.39, 0.29) is 18.2 Å². The summed E-state index contributed by atoms with van der Waals surface area (Å²) in [5, 5.41) is 13.0. The molecule has 4 aromatic rings. The van der Waals surface area contributed by atoms with E-state index in [1.54, 1.807) is 0 Å². The summed E-state index contributed by atoms with van der Waals surface area (Å²) in [5.41, 5.74) is 5.65. The summed E-state index contributed by atoms with van der Waals surface area (Å²) in [7, 11) is 0. The van der Waals surface area contributed by atoms with Crippen LogP contribution in [0.5, 0.6) is 0 Å². The number of hydrogen-bond donors (Lipinski definition) is 1. The van der Waals surface area contributed by atoms with Gasteiger partial charge in [-0.1, -0.05) is 48.9 Å². The maximum Gasteiger partial charge on any atom is 0.224 e. The minimum atomic E-state index is -0.0296. The lowest BCUT2D eigenvalue weighted by Crippen LogP contribution is -2.31. The summed E-state index contributed by atoms with van der Waals surface area (Å²) in [6, 6.07) is 19.5. The van der Waals surface area contributed by atoms with Gasteiger partial charge in [0.15, 0.2) is 0 Å². The fraction of sp³-hybridized carbons (Fsp3) is 0.269. The lowest BCUT2D eigenvalue weighted by molar-refractivity contribution is -0.120. The minimum absolute atomic E-state index is 0.0296. The van der Waals surface area contributed by atoms with E-state index in [0.717, 1.165) is 40.4 Å². The maximum absolute atomic E-state index is 12.8. The van der Waals surface area contributed by atoms with Gasteiger partial charge in [-0.15, -0.1) is 0 Å². The van der Waals surface area contributed by atoms with Gasteiger partial charge in [0, 0.05) is 41.1 Å². The Kier molecular flexibility index (Phi) is 6.94. The van der Waals surface area contributed by atoms with Crippen molar-refractivity contribution in [1.29, 1.82) is 0 Å². The second kappa shape index (κ2) is 10.0. The number of nitrogens with zero attached hydrogens (tertiary/aromatic N) is 4. The number of carbonyl (C=O) groups is 1. The smallest absolute Gasteiger partial charge is 0.224 e. The van der Waals surface area contributed by atoms with Gasteiger partial charge in [0.25, 0.3) is 0 Å². The van der Waals surface area contributed by atoms with Crippen LogP contribution in [0.1, 0.15) is 23.9 Å². The topological polar surface area (TPSA) is 64.7 Å². The Hall–Kier alpha value is -3.38. The minimum Gasteiger partial charge on any atom is -0.355 e. The highest BCUT2D eigenvalue weighted by atomic mass is 35.5. The summed E-state index contributed by atoms with van der Waals surface area (Å²) in [6.45, 7) is 7.50. The molecule has 0 saturated carbocycles. The second-order valence-electron chi connectivity index (χ2n) is 8.49. The molecule has 0 spiro atoms. The highest BCUT2D eigenvalue weighted by Gasteiger charge is 2.16. The first-order valence-electron chi connectivity index (χ1n) is 11.1. The van der Waals surface area contributed by atoms with E-state index < -0.39 is 0 Å². The van der Waals surface area contributed by atoms with Crippen LogP contribution in [0.3, 0.4) is 0 Å². The molecule has 1 unspecified atom stereocenters. The van der Waals surface area contributed by atoms with Gasteiger partial charge in [0.1, 0.15) is 0 Å². The molecule has 1 N–H and O–H groups in total. The van der Waals surface area contributed by atoms with Crippen LogP contribution in [0.4, 0.5) is 0 Å². The highest BCUT2D eigenvalue weighted by molar-refractivity contribution is 6.30. The van der Waals surface area contributed by atoms with Crippen LogP contribution in [0.2, 0.25) is 5.02 Å². The largest absolute Gasteiger partial charge is 0.355 e.